The smallest absolute Gasteiger partial charge is 0.247 e. The molecule has 6 nitrogen and oxygen atoms in total. The maximum Gasteiger partial charge on any atom is 0.247 e. The van der Waals surface area contributed by atoms with Gasteiger partial charge in [0.2, 0.25) is 10.0 Å². The van der Waals surface area contributed by atoms with E-state index in [1.165, 1.54) is 12.6 Å². The molecule has 21 heavy (non-hydrogen) atoms. The largest absolute Gasteiger partial charge is 0.307 e. The molecule has 1 fully saturated rings. The Balaban J connectivity index is 2.41. The molecule has 1 aliphatic carbocycles. The number of nitrogens with two attached hydrogens (primary N) is 1. The van der Waals surface area contributed by atoms with Crippen LogP contribution in [0.2, 0.25) is 0 Å². The number of anilines is 1. The number of halogens is 1. The molecule has 0 amide bonds. The van der Waals surface area contributed by atoms with Crippen molar-refractivity contribution in [3.63, 3.8) is 0 Å². The van der Waals surface area contributed by atoms with Crippen LogP contribution in [0.3, 0.4) is 0 Å². The summed E-state index contributed by atoms with van der Waals surface area (Å²) in [6.45, 7) is 2.32. The highest BCUT2D eigenvalue weighted by atomic mass is 79.9. The summed E-state index contributed by atoms with van der Waals surface area (Å²) in [6, 6.07) is 1.61. The van der Waals surface area contributed by atoms with Gasteiger partial charge >= 0.3 is 0 Å². The summed E-state index contributed by atoms with van der Waals surface area (Å²) in [6.07, 6.45) is 6.69. The van der Waals surface area contributed by atoms with E-state index in [9.17, 15) is 8.42 Å². The predicted octanol–water partition coefficient (Wildman–Crippen LogP) is 2.47. The zero-order chi connectivity index (χ0) is 15.5. The van der Waals surface area contributed by atoms with Crippen LogP contribution in [0.4, 0.5) is 5.82 Å². The van der Waals surface area contributed by atoms with E-state index in [4.69, 9.17) is 5.84 Å². The third-order valence-electron chi connectivity index (χ3n) is 3.84. The van der Waals surface area contributed by atoms with Gasteiger partial charge in [-0.05, 0) is 34.8 Å². The second-order valence-electron chi connectivity index (χ2n) is 5.14. The van der Waals surface area contributed by atoms with Gasteiger partial charge in [0, 0.05) is 23.3 Å². The van der Waals surface area contributed by atoms with Crippen LogP contribution >= 0.6 is 15.9 Å². The first-order valence-electron chi connectivity index (χ1n) is 7.14. The Kier molecular flexibility index (Phi) is 5.59. The van der Waals surface area contributed by atoms with Gasteiger partial charge in [-0.25, -0.2) is 19.2 Å². The summed E-state index contributed by atoms with van der Waals surface area (Å²) >= 11 is 3.27. The van der Waals surface area contributed by atoms with E-state index in [-0.39, 0.29) is 16.8 Å². The minimum Gasteiger partial charge on any atom is -0.307 e. The third-order valence-corrected chi connectivity index (χ3v) is 6.31. The summed E-state index contributed by atoms with van der Waals surface area (Å²) < 4.78 is 28.1. The summed E-state index contributed by atoms with van der Waals surface area (Å²) in [7, 11) is -3.62. The molecule has 0 aromatic carbocycles. The van der Waals surface area contributed by atoms with Crippen LogP contribution in [-0.4, -0.2) is 30.3 Å². The first-order chi connectivity index (χ1) is 10.0. The monoisotopic (exact) mass is 376 g/mol. The third kappa shape index (κ3) is 3.56. The Hall–Kier alpha value is -0.700. The molecule has 118 valence electrons. The first-order valence-corrected chi connectivity index (χ1v) is 9.38. The molecule has 1 aromatic heterocycles. The van der Waals surface area contributed by atoms with Crippen molar-refractivity contribution in [2.45, 2.75) is 50.0 Å². The van der Waals surface area contributed by atoms with E-state index in [2.05, 4.69) is 26.3 Å². The normalized spacial score (nSPS) is 17.1. The number of nitrogens with zero attached hydrogens (tertiary/aromatic N) is 2. The maximum absolute atomic E-state index is 13.0. The second-order valence-corrected chi connectivity index (χ2v) is 7.92. The highest BCUT2D eigenvalue weighted by Crippen LogP contribution is 2.31. The van der Waals surface area contributed by atoms with Crippen molar-refractivity contribution >= 4 is 31.8 Å². The van der Waals surface area contributed by atoms with Crippen molar-refractivity contribution in [2.75, 3.05) is 12.0 Å². The van der Waals surface area contributed by atoms with Crippen LogP contribution in [0.1, 0.15) is 39.0 Å². The molecule has 8 heteroatoms. The molecule has 0 atom stereocenters. The highest BCUT2D eigenvalue weighted by Gasteiger charge is 2.33. The van der Waals surface area contributed by atoms with E-state index in [1.807, 2.05) is 6.92 Å². The minimum atomic E-state index is -3.62. The van der Waals surface area contributed by atoms with Crippen LogP contribution < -0.4 is 11.3 Å². The summed E-state index contributed by atoms with van der Waals surface area (Å²) in [5.41, 5.74) is 2.37. The fourth-order valence-electron chi connectivity index (χ4n) is 2.85. The Morgan fingerprint density at radius 2 is 2.10 bits per heavy atom. The molecule has 1 aliphatic rings. The zero-order valence-electron chi connectivity index (χ0n) is 12.0. The van der Waals surface area contributed by atoms with Crippen molar-refractivity contribution < 1.29 is 8.42 Å². The van der Waals surface area contributed by atoms with Gasteiger partial charge in [-0.2, -0.15) is 4.31 Å². The Bertz CT molecular complexity index is 588. The molecule has 1 saturated carbocycles. The number of nitrogens with one attached hydrogen (secondary N) is 1. The Morgan fingerprint density at radius 1 is 1.43 bits per heavy atom. The summed E-state index contributed by atoms with van der Waals surface area (Å²) in [5, 5.41) is 0. The number of hydrazine groups is 1. The number of rotatable bonds is 5. The second kappa shape index (κ2) is 7.04. The fraction of sp³-hybridized carbons (Fsp3) is 0.615. The maximum atomic E-state index is 13.0. The SMILES string of the molecule is CCN(C1CCCCC1)S(=O)(=O)c1cc(Br)cnc1NN. The lowest BCUT2D eigenvalue weighted by atomic mass is 9.95. The molecule has 0 spiro atoms. The van der Waals surface area contributed by atoms with Crippen molar-refractivity contribution in [3.05, 3.63) is 16.7 Å². The lowest BCUT2D eigenvalue weighted by Gasteiger charge is -2.32. The lowest BCUT2D eigenvalue weighted by Crippen LogP contribution is -2.41. The minimum absolute atomic E-state index is 0.0679. The van der Waals surface area contributed by atoms with Crippen LogP contribution in [-0.2, 0) is 10.0 Å². The number of hydrogen-bond donors (Lipinski definition) is 2. The predicted molar refractivity (Wildman–Crippen MR) is 86.2 cm³/mol. The summed E-state index contributed by atoms with van der Waals surface area (Å²) in [4.78, 5) is 4.15. The van der Waals surface area contributed by atoms with Crippen molar-refractivity contribution in [1.29, 1.82) is 0 Å². The quantitative estimate of drug-likeness (QED) is 0.608. The molecule has 1 aromatic rings. The standard InChI is InChI=1S/C13H21BrN4O2S/c1-2-18(11-6-4-3-5-7-11)21(19,20)12-8-10(14)9-16-13(12)17-15/h8-9,11H,2-7,15H2,1H3,(H,16,17). The molecular formula is C13H21BrN4O2S. The summed E-state index contributed by atoms with van der Waals surface area (Å²) in [5.74, 6) is 5.58. The van der Waals surface area contributed by atoms with E-state index in [0.717, 1.165) is 25.7 Å². The van der Waals surface area contributed by atoms with E-state index in [0.29, 0.717) is 11.0 Å². The Morgan fingerprint density at radius 3 is 2.67 bits per heavy atom. The number of sulfonamides is 1. The van der Waals surface area contributed by atoms with Crippen molar-refractivity contribution in [2.24, 2.45) is 5.84 Å². The molecule has 0 radical (unpaired) electrons. The average molecular weight is 377 g/mol. The number of hydrogen-bond acceptors (Lipinski definition) is 5. The Labute approximate surface area is 134 Å². The molecule has 0 bridgehead atoms. The van der Waals surface area contributed by atoms with Gasteiger partial charge in [-0.15, -0.1) is 0 Å². The molecule has 0 saturated heterocycles. The van der Waals surface area contributed by atoms with E-state index < -0.39 is 10.0 Å². The first kappa shape index (κ1) is 16.7. The van der Waals surface area contributed by atoms with Gasteiger partial charge in [0.25, 0.3) is 0 Å². The van der Waals surface area contributed by atoms with Crippen LogP contribution in [0.25, 0.3) is 0 Å². The molecule has 2 rings (SSSR count). The van der Waals surface area contributed by atoms with Gasteiger partial charge in [-0.1, -0.05) is 26.2 Å². The fourth-order valence-corrected chi connectivity index (χ4v) is 5.16. The number of aromatic nitrogens is 1. The van der Waals surface area contributed by atoms with Gasteiger partial charge in [-0.3, -0.25) is 0 Å². The number of pyridine rings is 1. The van der Waals surface area contributed by atoms with Gasteiger partial charge in [0.1, 0.15) is 4.90 Å². The van der Waals surface area contributed by atoms with E-state index in [1.54, 1.807) is 10.4 Å². The van der Waals surface area contributed by atoms with Gasteiger partial charge in [0.05, 0.1) is 0 Å². The number of nitrogen functional groups attached to an aromatic ring is 1. The molecule has 0 unspecified atom stereocenters. The zero-order valence-corrected chi connectivity index (χ0v) is 14.5. The van der Waals surface area contributed by atoms with E-state index >= 15 is 0 Å². The molecule has 0 aliphatic heterocycles. The van der Waals surface area contributed by atoms with Crippen molar-refractivity contribution in [1.82, 2.24) is 9.29 Å². The van der Waals surface area contributed by atoms with Crippen LogP contribution in [0, 0.1) is 0 Å². The van der Waals surface area contributed by atoms with Crippen LogP contribution in [0.15, 0.2) is 21.6 Å². The lowest BCUT2D eigenvalue weighted by molar-refractivity contribution is 0.261. The van der Waals surface area contributed by atoms with Crippen molar-refractivity contribution in [3.8, 4) is 0 Å². The van der Waals surface area contributed by atoms with Crippen LogP contribution in [0.5, 0.6) is 0 Å². The molecular weight excluding hydrogens is 356 g/mol. The van der Waals surface area contributed by atoms with Gasteiger partial charge in [0.15, 0.2) is 5.82 Å². The topological polar surface area (TPSA) is 88.3 Å². The average Bonchev–Trinajstić information content (AvgIpc) is 2.49. The molecule has 1 heterocycles. The highest BCUT2D eigenvalue weighted by molar-refractivity contribution is 9.10. The van der Waals surface area contributed by atoms with Gasteiger partial charge < -0.3 is 5.43 Å². The molecule has 3 N–H and O–H groups in total.